The van der Waals surface area contributed by atoms with Gasteiger partial charge in [0.2, 0.25) is 11.8 Å². The lowest BCUT2D eigenvalue weighted by molar-refractivity contribution is -0.384. The maximum atomic E-state index is 13.8. The molecule has 3 aromatic carbocycles. The van der Waals surface area contributed by atoms with E-state index in [9.17, 15) is 24.5 Å². The number of Topliss-reactive ketones (excluding diaryl/α,β-unsaturated/α-hetero) is 1. The third-order valence-electron chi connectivity index (χ3n) is 7.11. The Bertz CT molecular complexity index is 1420. The minimum atomic E-state index is -0.883. The highest BCUT2D eigenvalue weighted by atomic mass is 16.6. The molecule has 8 nitrogen and oxygen atoms in total. The molecule has 2 amide bonds. The van der Waals surface area contributed by atoms with Crippen molar-refractivity contribution in [1.82, 2.24) is 4.90 Å². The van der Waals surface area contributed by atoms with E-state index in [0.717, 1.165) is 16.0 Å². The Labute approximate surface area is 200 Å². The number of carbonyl (C=O) groups excluding carboxylic acids is 3. The maximum Gasteiger partial charge on any atom is 0.269 e. The number of carbonyl (C=O) groups is 3. The molecule has 0 bridgehead atoms. The number of hydrogen-bond acceptors (Lipinski definition) is 6. The maximum absolute atomic E-state index is 13.8. The average molecular weight is 465 g/mol. The first-order valence-electron chi connectivity index (χ1n) is 11.2. The summed E-state index contributed by atoms with van der Waals surface area (Å²) in [5.74, 6) is -2.74. The van der Waals surface area contributed by atoms with Gasteiger partial charge in [-0.05, 0) is 29.3 Å². The van der Waals surface area contributed by atoms with Crippen molar-refractivity contribution < 1.29 is 19.3 Å². The fraction of sp³-hybridized carbons (Fsp3) is 0.148. The van der Waals surface area contributed by atoms with Gasteiger partial charge in [0.1, 0.15) is 6.04 Å². The fourth-order valence-electron chi connectivity index (χ4n) is 5.61. The largest absolute Gasteiger partial charge is 0.358 e. The third-order valence-corrected chi connectivity index (χ3v) is 7.11. The van der Waals surface area contributed by atoms with Crippen LogP contribution in [0.5, 0.6) is 0 Å². The van der Waals surface area contributed by atoms with E-state index in [1.165, 1.54) is 24.3 Å². The zero-order valence-corrected chi connectivity index (χ0v) is 18.4. The van der Waals surface area contributed by atoms with Crippen LogP contribution >= 0.6 is 0 Å². The predicted molar refractivity (Wildman–Crippen MR) is 127 cm³/mol. The van der Waals surface area contributed by atoms with E-state index in [1.807, 2.05) is 47.5 Å². The van der Waals surface area contributed by atoms with Gasteiger partial charge in [0.15, 0.2) is 5.78 Å². The molecule has 0 N–H and O–H groups in total. The highest BCUT2D eigenvalue weighted by Crippen LogP contribution is 2.53. The Morgan fingerprint density at radius 3 is 2.20 bits per heavy atom. The van der Waals surface area contributed by atoms with Gasteiger partial charge in [-0.2, -0.15) is 0 Å². The second-order valence-electron chi connectivity index (χ2n) is 8.85. The fourth-order valence-corrected chi connectivity index (χ4v) is 5.61. The summed E-state index contributed by atoms with van der Waals surface area (Å²) in [5, 5.41) is 11.1. The molecule has 2 fully saturated rings. The van der Waals surface area contributed by atoms with E-state index in [0.29, 0.717) is 5.56 Å². The zero-order valence-electron chi connectivity index (χ0n) is 18.4. The molecular formula is C27H19N3O5. The van der Waals surface area contributed by atoms with Crippen molar-refractivity contribution in [3.63, 3.8) is 0 Å². The summed E-state index contributed by atoms with van der Waals surface area (Å²) in [7, 11) is 0. The summed E-state index contributed by atoms with van der Waals surface area (Å²) >= 11 is 0. The predicted octanol–water partition coefficient (Wildman–Crippen LogP) is 3.99. The number of imide groups is 1. The van der Waals surface area contributed by atoms with Crippen molar-refractivity contribution in [3.8, 4) is 0 Å². The summed E-state index contributed by atoms with van der Waals surface area (Å²) in [6.07, 6.45) is 3.72. The highest BCUT2D eigenvalue weighted by Gasteiger charge is 2.64. The van der Waals surface area contributed by atoms with Gasteiger partial charge in [0.05, 0.1) is 28.5 Å². The molecule has 8 heteroatoms. The summed E-state index contributed by atoms with van der Waals surface area (Å²) in [4.78, 5) is 54.8. The van der Waals surface area contributed by atoms with Gasteiger partial charge in [-0.15, -0.1) is 0 Å². The molecule has 6 rings (SSSR count). The number of non-ortho nitro benzene ring substituents is 1. The Hall–Kier alpha value is -4.59. The van der Waals surface area contributed by atoms with Crippen LogP contribution in [0.3, 0.4) is 0 Å². The van der Waals surface area contributed by atoms with Crippen LogP contribution in [0, 0.1) is 22.0 Å². The van der Waals surface area contributed by atoms with Crippen molar-refractivity contribution in [2.24, 2.45) is 11.8 Å². The lowest BCUT2D eigenvalue weighted by atomic mass is 9.83. The molecule has 0 aliphatic carbocycles. The molecule has 0 aromatic heterocycles. The first-order chi connectivity index (χ1) is 17.0. The van der Waals surface area contributed by atoms with Crippen LogP contribution in [0.1, 0.15) is 27.5 Å². The number of ketones is 1. The second kappa shape index (κ2) is 7.73. The smallest absolute Gasteiger partial charge is 0.269 e. The van der Waals surface area contributed by atoms with Crippen LogP contribution in [0.25, 0.3) is 6.08 Å². The highest BCUT2D eigenvalue weighted by molar-refractivity contribution is 6.24. The van der Waals surface area contributed by atoms with E-state index < -0.39 is 40.7 Å². The number of hydrogen-bond donors (Lipinski definition) is 0. The SMILES string of the molecule is O=C(c1ccccc1)C1C2C(=O)N(c3ccc([N+](=O)[O-])cc3)C(=O)C2C2c3ccccc3C=CN12. The molecule has 4 unspecified atom stereocenters. The Balaban J connectivity index is 1.47. The summed E-state index contributed by atoms with van der Waals surface area (Å²) in [5.41, 5.74) is 2.42. The number of anilines is 1. The van der Waals surface area contributed by atoms with E-state index >= 15 is 0 Å². The monoisotopic (exact) mass is 465 g/mol. The number of rotatable bonds is 4. The number of nitro benzene ring substituents is 1. The number of nitrogens with zero attached hydrogens (tertiary/aromatic N) is 3. The summed E-state index contributed by atoms with van der Waals surface area (Å²) in [6.45, 7) is 0. The minimum Gasteiger partial charge on any atom is -0.358 e. The van der Waals surface area contributed by atoms with E-state index in [2.05, 4.69) is 0 Å². The first kappa shape index (κ1) is 21.0. The molecule has 0 radical (unpaired) electrons. The Kier molecular flexibility index (Phi) is 4.63. The third kappa shape index (κ3) is 3.03. The van der Waals surface area contributed by atoms with Crippen LogP contribution in [-0.2, 0) is 9.59 Å². The van der Waals surface area contributed by atoms with Crippen molar-refractivity contribution in [2.45, 2.75) is 12.1 Å². The molecule has 3 aliphatic heterocycles. The topological polar surface area (TPSA) is 101 Å². The molecule has 3 aliphatic rings. The van der Waals surface area contributed by atoms with Gasteiger partial charge in [-0.3, -0.25) is 24.5 Å². The lowest BCUT2D eigenvalue weighted by Gasteiger charge is -2.35. The van der Waals surface area contributed by atoms with Crippen LogP contribution < -0.4 is 4.90 Å². The number of fused-ring (bicyclic) bond motifs is 5. The average Bonchev–Trinajstić information content (AvgIpc) is 3.36. The molecule has 35 heavy (non-hydrogen) atoms. The van der Waals surface area contributed by atoms with E-state index in [-0.39, 0.29) is 17.2 Å². The summed E-state index contributed by atoms with van der Waals surface area (Å²) in [6, 6.07) is 20.4. The molecule has 0 saturated carbocycles. The van der Waals surface area contributed by atoms with Crippen LogP contribution in [0.15, 0.2) is 85.1 Å². The standard InChI is InChI=1S/C27H19N3O5/c31-25(17-7-2-1-3-8-17)24-22-21(23-20-9-5-4-6-16(20)14-15-28(23)24)26(32)29(27(22)33)18-10-12-19(13-11-18)30(34)35/h1-15,21-24H. The number of nitro groups is 1. The molecular weight excluding hydrogens is 446 g/mol. The van der Waals surface area contributed by atoms with Gasteiger partial charge in [-0.1, -0.05) is 54.6 Å². The molecule has 0 spiro atoms. The van der Waals surface area contributed by atoms with Gasteiger partial charge in [-0.25, -0.2) is 4.90 Å². The quantitative estimate of drug-likeness (QED) is 0.250. The van der Waals surface area contributed by atoms with Crippen molar-refractivity contribution >= 4 is 35.0 Å². The first-order valence-corrected chi connectivity index (χ1v) is 11.2. The number of benzene rings is 3. The van der Waals surface area contributed by atoms with Crippen molar-refractivity contribution in [2.75, 3.05) is 4.90 Å². The Morgan fingerprint density at radius 1 is 0.829 bits per heavy atom. The number of amides is 2. The molecule has 3 heterocycles. The van der Waals surface area contributed by atoms with Crippen LogP contribution in [0.2, 0.25) is 0 Å². The van der Waals surface area contributed by atoms with Crippen molar-refractivity contribution in [1.29, 1.82) is 0 Å². The van der Waals surface area contributed by atoms with Gasteiger partial charge < -0.3 is 4.90 Å². The molecule has 2 saturated heterocycles. The second-order valence-corrected chi connectivity index (χ2v) is 8.85. The van der Waals surface area contributed by atoms with Gasteiger partial charge in [0, 0.05) is 23.9 Å². The Morgan fingerprint density at radius 2 is 1.49 bits per heavy atom. The molecule has 3 aromatic rings. The minimum absolute atomic E-state index is 0.136. The van der Waals surface area contributed by atoms with E-state index in [1.54, 1.807) is 24.3 Å². The summed E-state index contributed by atoms with van der Waals surface area (Å²) < 4.78 is 0. The lowest BCUT2D eigenvalue weighted by Crippen LogP contribution is -2.44. The molecule has 172 valence electrons. The van der Waals surface area contributed by atoms with Crippen molar-refractivity contribution in [3.05, 3.63) is 112 Å². The van der Waals surface area contributed by atoms with Gasteiger partial charge in [0.25, 0.3) is 5.69 Å². The van der Waals surface area contributed by atoms with Gasteiger partial charge >= 0.3 is 0 Å². The zero-order chi connectivity index (χ0) is 24.3. The molecule has 4 atom stereocenters. The normalized spacial score (nSPS) is 24.2. The van der Waals surface area contributed by atoms with E-state index in [4.69, 9.17) is 0 Å². The van der Waals surface area contributed by atoms with Crippen LogP contribution in [-0.4, -0.2) is 33.5 Å². The van der Waals surface area contributed by atoms with Crippen LogP contribution in [0.4, 0.5) is 11.4 Å².